The summed E-state index contributed by atoms with van der Waals surface area (Å²) in [5.41, 5.74) is 6.69. The molecular formula is C32H25ClN2. The number of hydrogen-bond acceptors (Lipinski definition) is 2. The highest BCUT2D eigenvalue weighted by Gasteiger charge is 2.13. The van der Waals surface area contributed by atoms with E-state index in [4.69, 9.17) is 21.6 Å². The van der Waals surface area contributed by atoms with Crippen LogP contribution in [0, 0.1) is 0 Å². The van der Waals surface area contributed by atoms with Gasteiger partial charge in [0.1, 0.15) is 0 Å². The summed E-state index contributed by atoms with van der Waals surface area (Å²) in [4.78, 5) is 9.85. The summed E-state index contributed by atoms with van der Waals surface area (Å²) in [5, 5.41) is 1.66. The Labute approximate surface area is 211 Å². The molecule has 0 fully saturated rings. The standard InChI is InChI=1S/C32H25ClN2/c1-4-7-8-9-13-23-20-26(24(6-3)12-5-2)22-27(21-23)31-29-14-10-11-15-30(29)34-32(35-31)25-16-18-28(33)19-17-25/h4-22H,1-3H2/b8-7-,13-9+,24-12+. The number of rotatable bonds is 8. The molecule has 0 atom stereocenters. The Bertz CT molecular complexity index is 1490. The average Bonchev–Trinajstić information content (AvgIpc) is 2.89. The zero-order valence-corrected chi connectivity index (χ0v) is 20.1. The van der Waals surface area contributed by atoms with Crippen molar-refractivity contribution >= 4 is 34.2 Å². The minimum absolute atomic E-state index is 0.650. The summed E-state index contributed by atoms with van der Waals surface area (Å²) < 4.78 is 0. The normalized spacial score (nSPS) is 11.9. The summed E-state index contributed by atoms with van der Waals surface area (Å²) in [7, 11) is 0. The van der Waals surface area contributed by atoms with Crippen LogP contribution in [0.2, 0.25) is 5.02 Å². The minimum Gasteiger partial charge on any atom is -0.228 e. The van der Waals surface area contributed by atoms with Gasteiger partial charge in [-0.2, -0.15) is 0 Å². The lowest BCUT2D eigenvalue weighted by atomic mass is 9.96. The highest BCUT2D eigenvalue weighted by atomic mass is 35.5. The second kappa shape index (κ2) is 11.2. The lowest BCUT2D eigenvalue weighted by molar-refractivity contribution is 1.23. The molecule has 1 aromatic heterocycles. The first-order chi connectivity index (χ1) is 17.1. The molecule has 4 aromatic rings. The van der Waals surface area contributed by atoms with E-state index in [2.05, 4.69) is 50.1 Å². The lowest BCUT2D eigenvalue weighted by Gasteiger charge is -2.12. The Balaban J connectivity index is 1.97. The summed E-state index contributed by atoms with van der Waals surface area (Å²) in [5.74, 6) is 0.650. The van der Waals surface area contributed by atoms with Crippen molar-refractivity contribution in [2.75, 3.05) is 0 Å². The van der Waals surface area contributed by atoms with Gasteiger partial charge in [-0.3, -0.25) is 0 Å². The zero-order chi connectivity index (χ0) is 24.6. The Morgan fingerprint density at radius 2 is 1.57 bits per heavy atom. The number of benzene rings is 3. The van der Waals surface area contributed by atoms with E-state index in [-0.39, 0.29) is 0 Å². The Kier molecular flexibility index (Phi) is 7.67. The Morgan fingerprint density at radius 3 is 2.31 bits per heavy atom. The van der Waals surface area contributed by atoms with Gasteiger partial charge < -0.3 is 0 Å². The third-order valence-electron chi connectivity index (χ3n) is 5.43. The molecule has 0 spiro atoms. The van der Waals surface area contributed by atoms with Crippen LogP contribution in [0.5, 0.6) is 0 Å². The lowest BCUT2D eigenvalue weighted by Crippen LogP contribution is -1.96. The number of halogens is 1. The zero-order valence-electron chi connectivity index (χ0n) is 19.4. The number of allylic oxidation sites excluding steroid dienone is 8. The summed E-state index contributed by atoms with van der Waals surface area (Å²) in [6, 6.07) is 22.0. The topological polar surface area (TPSA) is 25.8 Å². The van der Waals surface area contributed by atoms with Crippen LogP contribution < -0.4 is 0 Å². The van der Waals surface area contributed by atoms with E-state index in [9.17, 15) is 0 Å². The molecule has 2 nitrogen and oxygen atoms in total. The van der Waals surface area contributed by atoms with Crippen molar-refractivity contribution in [2.24, 2.45) is 0 Å². The van der Waals surface area contributed by atoms with Crippen molar-refractivity contribution in [3.63, 3.8) is 0 Å². The molecule has 0 aliphatic rings. The number of hydrogen-bond donors (Lipinski definition) is 0. The number of para-hydroxylation sites is 1. The fourth-order valence-corrected chi connectivity index (χ4v) is 3.92. The molecule has 3 aromatic carbocycles. The van der Waals surface area contributed by atoms with E-state index in [1.807, 2.05) is 72.8 Å². The van der Waals surface area contributed by atoms with E-state index in [1.165, 1.54) is 0 Å². The average molecular weight is 473 g/mol. The van der Waals surface area contributed by atoms with E-state index in [0.29, 0.717) is 10.8 Å². The summed E-state index contributed by atoms with van der Waals surface area (Å²) in [6.45, 7) is 11.6. The van der Waals surface area contributed by atoms with Gasteiger partial charge in [0.15, 0.2) is 5.82 Å². The van der Waals surface area contributed by atoms with Crippen molar-refractivity contribution in [1.29, 1.82) is 0 Å². The van der Waals surface area contributed by atoms with E-state index < -0.39 is 0 Å². The van der Waals surface area contributed by atoms with Crippen molar-refractivity contribution in [1.82, 2.24) is 9.97 Å². The number of aromatic nitrogens is 2. The molecule has 0 unspecified atom stereocenters. The molecule has 0 amide bonds. The van der Waals surface area contributed by atoms with Crippen LogP contribution in [-0.2, 0) is 0 Å². The molecule has 0 radical (unpaired) electrons. The van der Waals surface area contributed by atoms with Crippen molar-refractivity contribution in [3.05, 3.63) is 145 Å². The van der Waals surface area contributed by atoms with Gasteiger partial charge in [0.25, 0.3) is 0 Å². The molecule has 1 heterocycles. The third kappa shape index (κ3) is 5.63. The van der Waals surface area contributed by atoms with Gasteiger partial charge in [-0.25, -0.2) is 9.97 Å². The van der Waals surface area contributed by atoms with Crippen LogP contribution in [-0.4, -0.2) is 9.97 Å². The van der Waals surface area contributed by atoms with Crippen molar-refractivity contribution in [2.45, 2.75) is 0 Å². The molecule has 4 rings (SSSR count). The van der Waals surface area contributed by atoms with Gasteiger partial charge in [-0.15, -0.1) is 0 Å². The monoisotopic (exact) mass is 472 g/mol. The van der Waals surface area contributed by atoms with Gasteiger partial charge in [0, 0.05) is 21.5 Å². The molecule has 0 saturated carbocycles. The van der Waals surface area contributed by atoms with Gasteiger partial charge in [-0.1, -0.05) is 98.1 Å². The van der Waals surface area contributed by atoms with Crippen molar-refractivity contribution in [3.8, 4) is 22.6 Å². The van der Waals surface area contributed by atoms with Crippen LogP contribution in [0.25, 0.3) is 45.2 Å². The quantitative estimate of drug-likeness (QED) is 0.239. The fourth-order valence-electron chi connectivity index (χ4n) is 3.79. The fraction of sp³-hybridized carbons (Fsp3) is 0. The molecule has 0 aliphatic carbocycles. The summed E-state index contributed by atoms with van der Waals surface area (Å²) in [6.07, 6.45) is 15.2. The maximum Gasteiger partial charge on any atom is 0.160 e. The molecule has 170 valence electrons. The predicted octanol–water partition coefficient (Wildman–Crippen LogP) is 9.13. The molecule has 0 bridgehead atoms. The highest BCUT2D eigenvalue weighted by Crippen LogP contribution is 2.32. The van der Waals surface area contributed by atoms with Crippen LogP contribution in [0.3, 0.4) is 0 Å². The number of nitrogens with zero attached hydrogens (tertiary/aromatic N) is 2. The molecule has 0 saturated heterocycles. The van der Waals surface area contributed by atoms with E-state index >= 15 is 0 Å². The maximum atomic E-state index is 6.11. The Hall–Kier alpha value is -4.27. The Morgan fingerprint density at radius 1 is 0.771 bits per heavy atom. The predicted molar refractivity (Wildman–Crippen MR) is 152 cm³/mol. The first kappa shape index (κ1) is 23.9. The molecular weight excluding hydrogens is 448 g/mol. The van der Waals surface area contributed by atoms with Gasteiger partial charge >= 0.3 is 0 Å². The largest absolute Gasteiger partial charge is 0.228 e. The second-order valence-electron chi connectivity index (χ2n) is 7.81. The van der Waals surface area contributed by atoms with E-state index in [0.717, 1.165) is 44.4 Å². The summed E-state index contributed by atoms with van der Waals surface area (Å²) >= 11 is 6.11. The van der Waals surface area contributed by atoms with Crippen LogP contribution >= 0.6 is 11.6 Å². The van der Waals surface area contributed by atoms with Crippen LogP contribution in [0.1, 0.15) is 11.1 Å². The molecule has 0 aliphatic heterocycles. The SMILES string of the molecule is C=C/C=C\C=C\c1cc(/C(C=C)=C/C=C)cc(-c2nc(-c3ccc(Cl)cc3)nc3ccccc23)c1. The second-order valence-corrected chi connectivity index (χ2v) is 8.24. The van der Waals surface area contributed by atoms with E-state index in [1.54, 1.807) is 12.2 Å². The highest BCUT2D eigenvalue weighted by molar-refractivity contribution is 6.30. The first-order valence-corrected chi connectivity index (χ1v) is 11.6. The van der Waals surface area contributed by atoms with Gasteiger partial charge in [0.05, 0.1) is 11.2 Å². The van der Waals surface area contributed by atoms with Gasteiger partial charge in [-0.05, 0) is 65.2 Å². The van der Waals surface area contributed by atoms with Crippen LogP contribution in [0.4, 0.5) is 0 Å². The molecule has 3 heteroatoms. The maximum absolute atomic E-state index is 6.11. The van der Waals surface area contributed by atoms with Crippen LogP contribution in [0.15, 0.2) is 129 Å². The van der Waals surface area contributed by atoms with Gasteiger partial charge in [0.2, 0.25) is 0 Å². The molecule has 0 N–H and O–H groups in total. The van der Waals surface area contributed by atoms with Crippen molar-refractivity contribution < 1.29 is 0 Å². The minimum atomic E-state index is 0.650. The third-order valence-corrected chi connectivity index (χ3v) is 5.68. The number of fused-ring (bicyclic) bond motifs is 1. The smallest absolute Gasteiger partial charge is 0.160 e. The first-order valence-electron chi connectivity index (χ1n) is 11.2. The molecule has 35 heavy (non-hydrogen) atoms.